The van der Waals surface area contributed by atoms with Crippen molar-refractivity contribution in [3.8, 4) is 5.75 Å². The van der Waals surface area contributed by atoms with Crippen molar-refractivity contribution in [1.29, 1.82) is 0 Å². The molecule has 0 aliphatic heterocycles. The van der Waals surface area contributed by atoms with Gasteiger partial charge in [-0.3, -0.25) is 4.79 Å². The summed E-state index contributed by atoms with van der Waals surface area (Å²) >= 11 is 0. The van der Waals surface area contributed by atoms with Gasteiger partial charge in [0.2, 0.25) is 0 Å². The minimum atomic E-state index is 0.0577. The van der Waals surface area contributed by atoms with Gasteiger partial charge >= 0.3 is 0 Å². The van der Waals surface area contributed by atoms with Gasteiger partial charge in [-0.2, -0.15) is 0 Å². The molecule has 1 atom stereocenters. The van der Waals surface area contributed by atoms with Crippen LogP contribution in [-0.4, -0.2) is 26.1 Å². The van der Waals surface area contributed by atoms with Gasteiger partial charge in [0.05, 0.1) is 7.05 Å². The van der Waals surface area contributed by atoms with Crippen molar-refractivity contribution < 1.29 is 14.4 Å². The number of ether oxygens (including phenoxy) is 1. The zero-order chi connectivity index (χ0) is 17.2. The molecule has 0 spiro atoms. The van der Waals surface area contributed by atoms with Gasteiger partial charge < -0.3 is 15.0 Å². The lowest BCUT2D eigenvalue weighted by Gasteiger charge is -2.14. The van der Waals surface area contributed by atoms with E-state index in [-0.39, 0.29) is 5.91 Å². The predicted octanol–water partition coefficient (Wildman–Crippen LogP) is 1.58. The molecule has 126 valence electrons. The molecular formula is C20H25N2O2+. The molecular weight excluding hydrogens is 300 g/mol. The summed E-state index contributed by atoms with van der Waals surface area (Å²) in [5.74, 6) is 0.888. The van der Waals surface area contributed by atoms with Gasteiger partial charge in [-0.05, 0) is 29.8 Å². The SMILES string of the molecule is C=CCOc1ccc(C[NH+](C)CC(=O)NCc2ccccc2)cc1. The molecule has 1 amide bonds. The van der Waals surface area contributed by atoms with E-state index in [1.807, 2.05) is 61.6 Å². The molecule has 0 aliphatic rings. The maximum Gasteiger partial charge on any atom is 0.275 e. The van der Waals surface area contributed by atoms with Crippen molar-refractivity contribution in [3.05, 3.63) is 78.4 Å². The Labute approximate surface area is 143 Å². The van der Waals surface area contributed by atoms with Crippen LogP contribution in [0.4, 0.5) is 0 Å². The summed E-state index contributed by atoms with van der Waals surface area (Å²) < 4.78 is 5.46. The zero-order valence-electron chi connectivity index (χ0n) is 14.1. The summed E-state index contributed by atoms with van der Waals surface area (Å²) in [5.41, 5.74) is 2.29. The highest BCUT2D eigenvalue weighted by atomic mass is 16.5. The molecule has 0 heterocycles. The number of rotatable bonds is 9. The van der Waals surface area contributed by atoms with Crippen LogP contribution in [0, 0.1) is 0 Å². The Hall–Kier alpha value is -2.59. The Morgan fingerprint density at radius 2 is 1.83 bits per heavy atom. The average Bonchev–Trinajstić information content (AvgIpc) is 2.60. The third-order valence-corrected chi connectivity index (χ3v) is 3.59. The fraction of sp³-hybridized carbons (Fsp3) is 0.250. The fourth-order valence-corrected chi connectivity index (χ4v) is 2.40. The summed E-state index contributed by atoms with van der Waals surface area (Å²) in [7, 11) is 2.02. The number of hydrogen-bond donors (Lipinski definition) is 2. The van der Waals surface area contributed by atoms with E-state index in [4.69, 9.17) is 4.74 Å². The molecule has 0 fully saturated rings. The van der Waals surface area contributed by atoms with Crippen LogP contribution >= 0.6 is 0 Å². The summed E-state index contributed by atoms with van der Waals surface area (Å²) in [5, 5.41) is 2.96. The summed E-state index contributed by atoms with van der Waals surface area (Å²) in [6.07, 6.45) is 1.72. The molecule has 24 heavy (non-hydrogen) atoms. The minimum absolute atomic E-state index is 0.0577. The first-order chi connectivity index (χ1) is 11.7. The van der Waals surface area contributed by atoms with E-state index < -0.39 is 0 Å². The second kappa shape index (κ2) is 9.53. The molecule has 2 N–H and O–H groups in total. The summed E-state index contributed by atoms with van der Waals surface area (Å²) in [6.45, 7) is 5.94. The lowest BCUT2D eigenvalue weighted by molar-refractivity contribution is -0.885. The predicted molar refractivity (Wildman–Crippen MR) is 95.9 cm³/mol. The van der Waals surface area contributed by atoms with Crippen molar-refractivity contribution in [1.82, 2.24) is 5.32 Å². The lowest BCUT2D eigenvalue weighted by Crippen LogP contribution is -3.08. The minimum Gasteiger partial charge on any atom is -0.490 e. The Morgan fingerprint density at radius 1 is 1.12 bits per heavy atom. The number of carbonyl (C=O) groups is 1. The van der Waals surface area contributed by atoms with Crippen molar-refractivity contribution in [3.63, 3.8) is 0 Å². The maximum absolute atomic E-state index is 12.0. The van der Waals surface area contributed by atoms with Gasteiger partial charge in [0.1, 0.15) is 18.9 Å². The Balaban J connectivity index is 1.74. The number of hydrogen-bond acceptors (Lipinski definition) is 2. The Kier molecular flexibility index (Phi) is 7.05. The highest BCUT2D eigenvalue weighted by Gasteiger charge is 2.10. The van der Waals surface area contributed by atoms with Crippen LogP contribution in [0.15, 0.2) is 67.3 Å². The Morgan fingerprint density at radius 3 is 2.50 bits per heavy atom. The first-order valence-electron chi connectivity index (χ1n) is 8.12. The van der Waals surface area contributed by atoms with Gasteiger partial charge in [0.25, 0.3) is 5.91 Å². The molecule has 4 heteroatoms. The third-order valence-electron chi connectivity index (χ3n) is 3.59. The highest BCUT2D eigenvalue weighted by Crippen LogP contribution is 2.11. The van der Waals surface area contributed by atoms with Crippen LogP contribution in [0.3, 0.4) is 0 Å². The molecule has 0 saturated carbocycles. The molecule has 2 aromatic carbocycles. The topological polar surface area (TPSA) is 42.8 Å². The highest BCUT2D eigenvalue weighted by molar-refractivity contribution is 5.76. The van der Waals surface area contributed by atoms with Crippen LogP contribution in [0.2, 0.25) is 0 Å². The van der Waals surface area contributed by atoms with Crippen molar-refractivity contribution in [2.24, 2.45) is 0 Å². The van der Waals surface area contributed by atoms with Crippen molar-refractivity contribution in [2.45, 2.75) is 13.1 Å². The largest absolute Gasteiger partial charge is 0.490 e. The van der Waals surface area contributed by atoms with E-state index in [1.54, 1.807) is 6.08 Å². The first-order valence-corrected chi connectivity index (χ1v) is 8.12. The lowest BCUT2D eigenvalue weighted by atomic mass is 10.2. The number of nitrogens with one attached hydrogen (secondary N) is 2. The van der Waals surface area contributed by atoms with Crippen molar-refractivity contribution in [2.75, 3.05) is 20.2 Å². The standard InChI is InChI=1S/C20H24N2O2/c1-3-13-24-19-11-9-18(10-12-19)15-22(2)16-20(23)21-14-17-7-5-4-6-8-17/h3-12H,1,13-16H2,2H3,(H,21,23)/p+1. The van der Waals surface area contributed by atoms with Crippen LogP contribution in [0.5, 0.6) is 5.75 Å². The number of carbonyl (C=O) groups excluding carboxylic acids is 1. The number of quaternary nitrogens is 1. The molecule has 0 aromatic heterocycles. The molecule has 2 aromatic rings. The second-order valence-electron chi connectivity index (χ2n) is 5.82. The third kappa shape index (κ3) is 6.26. The van der Waals surface area contributed by atoms with E-state index in [2.05, 4.69) is 11.9 Å². The number of likely N-dealkylation sites (N-methyl/N-ethyl adjacent to an activating group) is 1. The smallest absolute Gasteiger partial charge is 0.275 e. The normalized spacial score (nSPS) is 11.5. The Bertz CT molecular complexity index is 638. The van der Waals surface area contributed by atoms with E-state index in [1.165, 1.54) is 5.56 Å². The van der Waals surface area contributed by atoms with Crippen molar-refractivity contribution >= 4 is 5.91 Å². The van der Waals surface area contributed by atoms with E-state index in [0.29, 0.717) is 19.7 Å². The number of benzene rings is 2. The molecule has 4 nitrogen and oxygen atoms in total. The molecule has 0 saturated heterocycles. The van der Waals surface area contributed by atoms with Crippen LogP contribution in [0.1, 0.15) is 11.1 Å². The monoisotopic (exact) mass is 325 g/mol. The summed E-state index contributed by atoms with van der Waals surface area (Å²) in [6, 6.07) is 17.9. The molecule has 0 radical (unpaired) electrons. The number of amides is 1. The van der Waals surface area contributed by atoms with Gasteiger partial charge in [-0.15, -0.1) is 0 Å². The van der Waals surface area contributed by atoms with E-state index >= 15 is 0 Å². The van der Waals surface area contributed by atoms with E-state index in [9.17, 15) is 4.79 Å². The van der Waals surface area contributed by atoms with E-state index in [0.717, 1.165) is 22.8 Å². The maximum atomic E-state index is 12.0. The summed E-state index contributed by atoms with van der Waals surface area (Å²) in [4.78, 5) is 13.2. The van der Waals surface area contributed by atoms with Gasteiger partial charge in [0.15, 0.2) is 6.54 Å². The first kappa shape index (κ1) is 17.8. The van der Waals surface area contributed by atoms with Crippen LogP contribution in [-0.2, 0) is 17.9 Å². The molecule has 1 unspecified atom stereocenters. The van der Waals surface area contributed by atoms with Gasteiger partial charge in [-0.1, -0.05) is 43.0 Å². The average molecular weight is 325 g/mol. The molecule has 0 bridgehead atoms. The second-order valence-corrected chi connectivity index (χ2v) is 5.82. The fourth-order valence-electron chi connectivity index (χ4n) is 2.40. The van der Waals surface area contributed by atoms with Crippen LogP contribution < -0.4 is 15.0 Å². The molecule has 2 rings (SSSR count). The van der Waals surface area contributed by atoms with Crippen LogP contribution in [0.25, 0.3) is 0 Å². The molecule has 0 aliphatic carbocycles. The van der Waals surface area contributed by atoms with Gasteiger partial charge in [-0.25, -0.2) is 0 Å². The quantitative estimate of drug-likeness (QED) is 0.688. The van der Waals surface area contributed by atoms with Gasteiger partial charge in [0, 0.05) is 12.1 Å². The zero-order valence-corrected chi connectivity index (χ0v) is 14.1.